The second kappa shape index (κ2) is 3.55. The highest BCUT2D eigenvalue weighted by Crippen LogP contribution is 2.18. The third kappa shape index (κ3) is 1.71. The van der Waals surface area contributed by atoms with Crippen LogP contribution in [0.1, 0.15) is 11.6 Å². The molecule has 1 saturated heterocycles. The summed E-state index contributed by atoms with van der Waals surface area (Å²) >= 11 is 10.6. The van der Waals surface area contributed by atoms with E-state index in [1.807, 2.05) is 0 Å². The molecule has 2 rings (SSSR count). The average molecular weight is 227 g/mol. The summed E-state index contributed by atoms with van der Waals surface area (Å²) in [6.45, 7) is 0. The summed E-state index contributed by atoms with van der Waals surface area (Å²) in [5.74, 6) is -0.127. The van der Waals surface area contributed by atoms with Gasteiger partial charge in [-0.2, -0.15) is 0 Å². The quantitative estimate of drug-likeness (QED) is 0.711. The van der Waals surface area contributed by atoms with Gasteiger partial charge in [0.2, 0.25) is 0 Å². The fraction of sp³-hybridized carbons (Fsp3) is 0.111. The molecule has 14 heavy (non-hydrogen) atoms. The third-order valence-corrected chi connectivity index (χ3v) is 2.45. The highest BCUT2D eigenvalue weighted by Gasteiger charge is 2.28. The first-order valence-electron chi connectivity index (χ1n) is 4.03. The predicted octanol–water partition coefficient (Wildman–Crippen LogP) is 1.39. The molecule has 1 atom stereocenters. The van der Waals surface area contributed by atoms with Gasteiger partial charge in [-0.05, 0) is 29.9 Å². The van der Waals surface area contributed by atoms with Crippen LogP contribution in [0.2, 0.25) is 5.02 Å². The summed E-state index contributed by atoms with van der Waals surface area (Å²) in [6, 6.07) is 6.70. The van der Waals surface area contributed by atoms with Crippen LogP contribution in [0.25, 0.3) is 0 Å². The molecule has 5 heteroatoms. The molecule has 0 bridgehead atoms. The van der Waals surface area contributed by atoms with Crippen molar-refractivity contribution in [3.05, 3.63) is 34.9 Å². The van der Waals surface area contributed by atoms with E-state index in [1.165, 1.54) is 0 Å². The van der Waals surface area contributed by atoms with Gasteiger partial charge < -0.3 is 10.6 Å². The van der Waals surface area contributed by atoms with Gasteiger partial charge in [0.05, 0.1) is 0 Å². The fourth-order valence-corrected chi connectivity index (χ4v) is 1.65. The molecule has 0 aromatic heterocycles. The van der Waals surface area contributed by atoms with E-state index in [9.17, 15) is 4.79 Å². The van der Waals surface area contributed by atoms with Gasteiger partial charge in [0, 0.05) is 5.02 Å². The monoisotopic (exact) mass is 226 g/mol. The van der Waals surface area contributed by atoms with E-state index in [4.69, 9.17) is 23.8 Å². The number of halogens is 1. The molecule has 0 aliphatic carbocycles. The average Bonchev–Trinajstić information content (AvgIpc) is 2.47. The largest absolute Gasteiger partial charge is 0.347 e. The highest BCUT2D eigenvalue weighted by atomic mass is 35.5. The van der Waals surface area contributed by atoms with Crippen LogP contribution in [0.5, 0.6) is 0 Å². The summed E-state index contributed by atoms with van der Waals surface area (Å²) in [5, 5.41) is 6.41. The maximum atomic E-state index is 11.4. The van der Waals surface area contributed by atoms with Crippen molar-refractivity contribution in [2.45, 2.75) is 6.04 Å². The summed E-state index contributed by atoms with van der Waals surface area (Å²) in [6.07, 6.45) is 0. The van der Waals surface area contributed by atoms with Crippen molar-refractivity contribution in [3.63, 3.8) is 0 Å². The first kappa shape index (κ1) is 9.43. The minimum Gasteiger partial charge on any atom is -0.347 e. The standard InChI is InChI=1S/C9H7ClN2OS/c10-6-3-1-5(2-4-6)7-8(13)12-9(14)11-7/h1-4,7H,(H2,11,12,13,14). The van der Waals surface area contributed by atoms with E-state index < -0.39 is 0 Å². The Kier molecular flexibility index (Phi) is 2.39. The first-order valence-corrected chi connectivity index (χ1v) is 4.82. The molecule has 0 radical (unpaired) electrons. The minimum absolute atomic E-state index is 0.127. The molecule has 1 fully saturated rings. The van der Waals surface area contributed by atoms with E-state index in [0.29, 0.717) is 10.1 Å². The lowest BCUT2D eigenvalue weighted by Gasteiger charge is -2.07. The Morgan fingerprint density at radius 3 is 2.43 bits per heavy atom. The molecule has 0 saturated carbocycles. The molecule has 3 nitrogen and oxygen atoms in total. The van der Waals surface area contributed by atoms with Crippen LogP contribution >= 0.6 is 23.8 Å². The third-order valence-electron chi connectivity index (χ3n) is 1.98. The molecule has 72 valence electrons. The van der Waals surface area contributed by atoms with E-state index >= 15 is 0 Å². The van der Waals surface area contributed by atoms with Gasteiger partial charge in [-0.15, -0.1) is 0 Å². The lowest BCUT2D eigenvalue weighted by Crippen LogP contribution is -2.21. The molecular formula is C9H7ClN2OS. The number of nitrogens with one attached hydrogen (secondary N) is 2. The Hall–Kier alpha value is -1.13. The van der Waals surface area contributed by atoms with Crippen molar-refractivity contribution >= 4 is 34.8 Å². The summed E-state index contributed by atoms with van der Waals surface area (Å²) in [4.78, 5) is 11.4. The van der Waals surface area contributed by atoms with Crippen molar-refractivity contribution in [2.24, 2.45) is 0 Å². The lowest BCUT2D eigenvalue weighted by atomic mass is 10.1. The summed E-state index contributed by atoms with van der Waals surface area (Å²) in [5.41, 5.74) is 0.853. The molecule has 1 aromatic rings. The van der Waals surface area contributed by atoms with Gasteiger partial charge >= 0.3 is 0 Å². The van der Waals surface area contributed by atoms with Crippen molar-refractivity contribution in [1.29, 1.82) is 0 Å². The Morgan fingerprint density at radius 1 is 1.29 bits per heavy atom. The zero-order valence-corrected chi connectivity index (χ0v) is 8.65. The molecule has 1 unspecified atom stereocenters. The number of benzene rings is 1. The zero-order valence-electron chi connectivity index (χ0n) is 7.08. The summed E-state index contributed by atoms with van der Waals surface area (Å²) < 4.78 is 0. The van der Waals surface area contributed by atoms with Crippen molar-refractivity contribution in [1.82, 2.24) is 10.6 Å². The molecule has 1 amide bonds. The van der Waals surface area contributed by atoms with Crippen molar-refractivity contribution < 1.29 is 4.79 Å². The molecule has 1 aliphatic heterocycles. The summed E-state index contributed by atoms with van der Waals surface area (Å²) in [7, 11) is 0. The maximum absolute atomic E-state index is 11.4. The van der Waals surface area contributed by atoms with Crippen molar-refractivity contribution in [2.75, 3.05) is 0 Å². The second-order valence-corrected chi connectivity index (χ2v) is 3.79. The maximum Gasteiger partial charge on any atom is 0.253 e. The van der Waals surface area contributed by atoms with Crippen LogP contribution in [-0.4, -0.2) is 11.0 Å². The minimum atomic E-state index is -0.389. The Balaban J connectivity index is 2.27. The number of rotatable bonds is 1. The number of hydrogen-bond donors (Lipinski definition) is 2. The Morgan fingerprint density at radius 2 is 1.93 bits per heavy atom. The van der Waals surface area contributed by atoms with E-state index in [1.54, 1.807) is 24.3 Å². The number of thiocarbonyl (C=S) groups is 1. The van der Waals surface area contributed by atoms with Crippen LogP contribution in [0.4, 0.5) is 0 Å². The Bertz CT molecular complexity index is 390. The van der Waals surface area contributed by atoms with Gasteiger partial charge in [-0.3, -0.25) is 4.79 Å². The highest BCUT2D eigenvalue weighted by molar-refractivity contribution is 7.80. The number of carbonyl (C=O) groups excluding carboxylic acids is 1. The van der Waals surface area contributed by atoms with Gasteiger partial charge in [0.1, 0.15) is 6.04 Å². The molecule has 1 aromatic carbocycles. The van der Waals surface area contributed by atoms with Crippen LogP contribution in [0, 0.1) is 0 Å². The van der Waals surface area contributed by atoms with Gasteiger partial charge in [0.25, 0.3) is 5.91 Å². The van der Waals surface area contributed by atoms with Crippen LogP contribution in [0.15, 0.2) is 24.3 Å². The lowest BCUT2D eigenvalue weighted by molar-refractivity contribution is -0.120. The number of amides is 1. The topological polar surface area (TPSA) is 41.1 Å². The molecular weight excluding hydrogens is 220 g/mol. The van der Waals surface area contributed by atoms with Crippen LogP contribution < -0.4 is 10.6 Å². The smallest absolute Gasteiger partial charge is 0.253 e. The van der Waals surface area contributed by atoms with Gasteiger partial charge in [0.15, 0.2) is 5.11 Å². The van der Waals surface area contributed by atoms with E-state index in [0.717, 1.165) is 5.56 Å². The number of carbonyl (C=O) groups is 1. The SMILES string of the molecule is O=C1NC(=S)NC1c1ccc(Cl)cc1. The number of hydrogen-bond acceptors (Lipinski definition) is 2. The molecule has 1 aliphatic rings. The van der Waals surface area contributed by atoms with Gasteiger partial charge in [-0.25, -0.2) is 0 Å². The normalized spacial score (nSPS) is 20.5. The van der Waals surface area contributed by atoms with Crippen LogP contribution in [0.3, 0.4) is 0 Å². The van der Waals surface area contributed by atoms with E-state index in [-0.39, 0.29) is 11.9 Å². The molecule has 1 heterocycles. The fourth-order valence-electron chi connectivity index (χ4n) is 1.31. The van der Waals surface area contributed by atoms with Gasteiger partial charge in [-0.1, -0.05) is 23.7 Å². The Labute approximate surface area is 91.4 Å². The molecule has 0 spiro atoms. The van der Waals surface area contributed by atoms with Crippen molar-refractivity contribution in [3.8, 4) is 0 Å². The predicted molar refractivity (Wildman–Crippen MR) is 58.1 cm³/mol. The zero-order chi connectivity index (χ0) is 10.1. The van der Waals surface area contributed by atoms with Crippen LogP contribution in [-0.2, 0) is 4.79 Å². The molecule has 2 N–H and O–H groups in total. The first-order chi connectivity index (χ1) is 6.66. The second-order valence-electron chi connectivity index (χ2n) is 2.95. The van der Waals surface area contributed by atoms with E-state index in [2.05, 4.69) is 10.6 Å².